The Labute approximate surface area is 112 Å². The molecule has 2 aromatic rings. The summed E-state index contributed by atoms with van der Waals surface area (Å²) in [6, 6.07) is 8.44. The third kappa shape index (κ3) is 2.08. The van der Waals surface area contributed by atoms with Crippen LogP contribution in [-0.2, 0) is 0 Å². The molecule has 2 rings (SSSR count). The van der Waals surface area contributed by atoms with Gasteiger partial charge in [-0.25, -0.2) is 4.39 Å². The van der Waals surface area contributed by atoms with E-state index in [-0.39, 0.29) is 11.9 Å². The number of benzene rings is 1. The van der Waals surface area contributed by atoms with Crippen LogP contribution in [0, 0.1) is 31.0 Å². The summed E-state index contributed by atoms with van der Waals surface area (Å²) in [7, 11) is 0. The topological polar surface area (TPSA) is 54.7 Å². The first-order chi connectivity index (χ1) is 8.97. The molecular formula is C15H16FN3. The predicted octanol–water partition coefficient (Wildman–Crippen LogP) is 3.31. The Bertz CT molecular complexity index is 665. The van der Waals surface area contributed by atoms with Crippen molar-refractivity contribution in [3.8, 4) is 6.07 Å². The van der Waals surface area contributed by atoms with Gasteiger partial charge in [-0.05, 0) is 44.0 Å². The van der Waals surface area contributed by atoms with E-state index in [1.54, 1.807) is 6.07 Å². The van der Waals surface area contributed by atoms with Gasteiger partial charge in [0.15, 0.2) is 0 Å². The molecule has 0 bridgehead atoms. The zero-order valence-corrected chi connectivity index (χ0v) is 11.2. The molecule has 1 aromatic heterocycles. The molecule has 1 unspecified atom stereocenters. The molecular weight excluding hydrogens is 241 g/mol. The molecule has 0 saturated carbocycles. The van der Waals surface area contributed by atoms with Crippen LogP contribution in [-0.4, -0.2) is 4.57 Å². The summed E-state index contributed by atoms with van der Waals surface area (Å²) in [6.07, 6.45) is 0. The molecule has 1 aromatic carbocycles. The molecule has 0 aliphatic rings. The lowest BCUT2D eigenvalue weighted by Crippen LogP contribution is -2.12. The van der Waals surface area contributed by atoms with Gasteiger partial charge in [0.05, 0.1) is 11.6 Å². The standard InChI is InChI=1S/C15H16FN3/c1-9-10(2)19(15(18)14(9)8-17)11(3)12-5-4-6-13(16)7-12/h4-7,11H,18H2,1-3H3. The Morgan fingerprint density at radius 1 is 1.37 bits per heavy atom. The average Bonchev–Trinajstić information content (AvgIpc) is 2.59. The SMILES string of the molecule is Cc1c(C#N)c(N)n(C(C)c2cccc(F)c2)c1C. The first kappa shape index (κ1) is 13.2. The van der Waals surface area contributed by atoms with Crippen molar-refractivity contribution in [3.63, 3.8) is 0 Å². The highest BCUT2D eigenvalue weighted by atomic mass is 19.1. The number of hydrogen-bond acceptors (Lipinski definition) is 2. The van der Waals surface area contributed by atoms with Crippen molar-refractivity contribution < 1.29 is 4.39 Å². The maximum atomic E-state index is 13.3. The number of nitrogens with zero attached hydrogens (tertiary/aromatic N) is 2. The third-order valence-corrected chi connectivity index (χ3v) is 3.62. The van der Waals surface area contributed by atoms with Crippen LogP contribution in [0.5, 0.6) is 0 Å². The highest BCUT2D eigenvalue weighted by molar-refractivity contribution is 5.58. The Morgan fingerprint density at radius 3 is 2.58 bits per heavy atom. The summed E-state index contributed by atoms with van der Waals surface area (Å²) in [5.74, 6) is 0.166. The minimum Gasteiger partial charge on any atom is -0.384 e. The monoisotopic (exact) mass is 257 g/mol. The highest BCUT2D eigenvalue weighted by Gasteiger charge is 2.20. The second kappa shape index (κ2) is 4.77. The van der Waals surface area contributed by atoms with Gasteiger partial charge < -0.3 is 10.3 Å². The molecule has 4 heteroatoms. The third-order valence-electron chi connectivity index (χ3n) is 3.62. The summed E-state index contributed by atoms with van der Waals surface area (Å²) < 4.78 is 15.2. The Hall–Kier alpha value is -2.28. The van der Waals surface area contributed by atoms with Crippen molar-refractivity contribution in [1.82, 2.24) is 4.57 Å². The molecule has 0 saturated heterocycles. The van der Waals surface area contributed by atoms with Gasteiger partial charge in [0.2, 0.25) is 0 Å². The predicted molar refractivity (Wildman–Crippen MR) is 73.2 cm³/mol. The molecule has 0 aliphatic heterocycles. The number of nitrogens with two attached hydrogens (primary N) is 1. The molecule has 98 valence electrons. The van der Waals surface area contributed by atoms with E-state index >= 15 is 0 Å². The minimum atomic E-state index is -0.273. The highest BCUT2D eigenvalue weighted by Crippen LogP contribution is 2.30. The summed E-state index contributed by atoms with van der Waals surface area (Å²) in [5, 5.41) is 9.13. The Morgan fingerprint density at radius 2 is 2.05 bits per heavy atom. The van der Waals surface area contributed by atoms with Gasteiger partial charge in [-0.2, -0.15) is 5.26 Å². The van der Waals surface area contributed by atoms with Crippen LogP contribution >= 0.6 is 0 Å². The van der Waals surface area contributed by atoms with Gasteiger partial charge >= 0.3 is 0 Å². The summed E-state index contributed by atoms with van der Waals surface area (Å²) in [6.45, 7) is 5.74. The van der Waals surface area contributed by atoms with Crippen LogP contribution in [0.4, 0.5) is 10.2 Å². The maximum Gasteiger partial charge on any atom is 0.123 e. The number of halogens is 1. The van der Waals surface area contributed by atoms with Crippen LogP contribution in [0.15, 0.2) is 24.3 Å². The second-order valence-electron chi connectivity index (χ2n) is 4.68. The van der Waals surface area contributed by atoms with Crippen LogP contribution in [0.3, 0.4) is 0 Å². The van der Waals surface area contributed by atoms with E-state index in [0.717, 1.165) is 16.8 Å². The van der Waals surface area contributed by atoms with E-state index in [1.165, 1.54) is 12.1 Å². The van der Waals surface area contributed by atoms with E-state index in [2.05, 4.69) is 6.07 Å². The Balaban J connectivity index is 2.57. The number of nitrogen functional groups attached to an aromatic ring is 1. The number of hydrogen-bond donors (Lipinski definition) is 1. The fraction of sp³-hybridized carbons (Fsp3) is 0.267. The molecule has 0 fully saturated rings. The van der Waals surface area contributed by atoms with Crippen molar-refractivity contribution in [1.29, 1.82) is 5.26 Å². The average molecular weight is 257 g/mol. The van der Waals surface area contributed by atoms with Crippen molar-refractivity contribution in [2.45, 2.75) is 26.8 Å². The lowest BCUT2D eigenvalue weighted by Gasteiger charge is -2.18. The van der Waals surface area contributed by atoms with Crippen LogP contribution < -0.4 is 5.73 Å². The number of nitriles is 1. The van der Waals surface area contributed by atoms with Crippen molar-refractivity contribution in [2.24, 2.45) is 0 Å². The molecule has 0 radical (unpaired) electrons. The smallest absolute Gasteiger partial charge is 0.123 e. The van der Waals surface area contributed by atoms with Crippen LogP contribution in [0.2, 0.25) is 0 Å². The van der Waals surface area contributed by atoms with Gasteiger partial charge in [0.25, 0.3) is 0 Å². The summed E-state index contributed by atoms with van der Waals surface area (Å²) in [5.41, 5.74) is 9.18. The molecule has 1 heterocycles. The first-order valence-electron chi connectivity index (χ1n) is 6.09. The summed E-state index contributed by atoms with van der Waals surface area (Å²) in [4.78, 5) is 0. The van der Waals surface area contributed by atoms with Crippen molar-refractivity contribution in [3.05, 3.63) is 52.5 Å². The molecule has 3 nitrogen and oxygen atoms in total. The first-order valence-corrected chi connectivity index (χ1v) is 6.09. The van der Waals surface area contributed by atoms with Gasteiger partial charge in [0, 0.05) is 5.69 Å². The van der Waals surface area contributed by atoms with E-state index in [4.69, 9.17) is 11.0 Å². The largest absolute Gasteiger partial charge is 0.384 e. The van der Waals surface area contributed by atoms with Crippen LogP contribution in [0.25, 0.3) is 0 Å². The molecule has 19 heavy (non-hydrogen) atoms. The maximum absolute atomic E-state index is 13.3. The number of anilines is 1. The van der Waals surface area contributed by atoms with E-state index in [1.807, 2.05) is 31.4 Å². The Kier molecular flexibility index (Phi) is 3.30. The zero-order valence-electron chi connectivity index (χ0n) is 11.2. The van der Waals surface area contributed by atoms with E-state index < -0.39 is 0 Å². The number of rotatable bonds is 2. The van der Waals surface area contributed by atoms with Crippen molar-refractivity contribution in [2.75, 3.05) is 5.73 Å². The normalized spacial score (nSPS) is 12.2. The molecule has 1 atom stereocenters. The fourth-order valence-corrected chi connectivity index (χ4v) is 2.41. The van der Waals surface area contributed by atoms with Crippen molar-refractivity contribution >= 4 is 5.82 Å². The van der Waals surface area contributed by atoms with Crippen LogP contribution in [0.1, 0.15) is 35.3 Å². The molecule has 0 amide bonds. The van der Waals surface area contributed by atoms with Gasteiger partial charge in [-0.1, -0.05) is 12.1 Å². The molecule has 0 spiro atoms. The van der Waals surface area contributed by atoms with Gasteiger partial charge in [-0.15, -0.1) is 0 Å². The zero-order chi connectivity index (χ0) is 14.2. The van der Waals surface area contributed by atoms with Gasteiger partial charge in [0.1, 0.15) is 17.7 Å². The number of aromatic nitrogens is 1. The minimum absolute atomic E-state index is 0.114. The molecule has 2 N–H and O–H groups in total. The quantitative estimate of drug-likeness (QED) is 0.897. The van der Waals surface area contributed by atoms with Gasteiger partial charge in [-0.3, -0.25) is 0 Å². The fourth-order valence-electron chi connectivity index (χ4n) is 2.41. The lowest BCUT2D eigenvalue weighted by atomic mass is 10.1. The lowest BCUT2D eigenvalue weighted by molar-refractivity contribution is 0.602. The second-order valence-corrected chi connectivity index (χ2v) is 4.68. The molecule has 0 aliphatic carbocycles. The summed E-state index contributed by atoms with van der Waals surface area (Å²) >= 11 is 0. The van der Waals surface area contributed by atoms with E-state index in [0.29, 0.717) is 11.4 Å². The van der Waals surface area contributed by atoms with E-state index in [9.17, 15) is 4.39 Å².